The van der Waals surface area contributed by atoms with E-state index in [1.54, 1.807) is 0 Å². The Morgan fingerprint density at radius 1 is 1.44 bits per heavy atom. The Bertz CT molecular complexity index is 602. The number of hydrogen-bond acceptors (Lipinski definition) is 5. The number of ether oxygens (including phenoxy) is 1. The van der Waals surface area contributed by atoms with Crippen molar-refractivity contribution in [2.24, 2.45) is 5.92 Å². The lowest BCUT2D eigenvalue weighted by Gasteiger charge is -2.19. The van der Waals surface area contributed by atoms with Crippen LogP contribution in [0, 0.1) is 5.92 Å². The molecular formula is C10H9ClO6S. The SMILES string of the molecule is COC(=O)C1=CC(=S(=O)=O)C(C)C(C(=O)O)=C1Cl. The number of rotatable bonds is 2. The van der Waals surface area contributed by atoms with Gasteiger partial charge in [-0.3, -0.25) is 0 Å². The Morgan fingerprint density at radius 3 is 2.39 bits per heavy atom. The van der Waals surface area contributed by atoms with Crippen molar-refractivity contribution in [1.29, 1.82) is 0 Å². The summed E-state index contributed by atoms with van der Waals surface area (Å²) in [6.45, 7) is 1.38. The van der Waals surface area contributed by atoms with Gasteiger partial charge in [0.15, 0.2) is 0 Å². The maximum atomic E-state index is 11.4. The number of esters is 1. The highest BCUT2D eigenvalue weighted by Gasteiger charge is 2.33. The van der Waals surface area contributed by atoms with Gasteiger partial charge in [-0.2, -0.15) is 8.42 Å². The average molecular weight is 293 g/mol. The maximum Gasteiger partial charge on any atom is 0.339 e. The third-order valence-electron chi connectivity index (χ3n) is 2.45. The van der Waals surface area contributed by atoms with Crippen LogP contribution in [0.15, 0.2) is 22.3 Å². The molecule has 1 aliphatic rings. The van der Waals surface area contributed by atoms with Gasteiger partial charge in [-0.25, -0.2) is 9.59 Å². The van der Waals surface area contributed by atoms with Crippen LogP contribution in [0.25, 0.3) is 0 Å². The summed E-state index contributed by atoms with van der Waals surface area (Å²) in [6, 6.07) is 0. The zero-order chi connectivity index (χ0) is 14.0. The predicted molar refractivity (Wildman–Crippen MR) is 63.7 cm³/mol. The van der Waals surface area contributed by atoms with Crippen molar-refractivity contribution in [3.05, 3.63) is 22.3 Å². The molecule has 0 aromatic heterocycles. The van der Waals surface area contributed by atoms with Gasteiger partial charge in [-0.05, 0) is 6.08 Å². The Morgan fingerprint density at radius 2 is 2.00 bits per heavy atom. The minimum Gasteiger partial charge on any atom is -0.478 e. The number of allylic oxidation sites excluding steroid dienone is 1. The number of carboxylic acid groups (broad SMARTS) is 1. The second kappa shape index (κ2) is 5.36. The lowest BCUT2D eigenvalue weighted by molar-refractivity contribution is -0.135. The standard InChI is InChI=1S/C10H9ClO6S/c1-4-6(18(15)16)3-5(10(14)17-2)8(11)7(4)9(12)13/h3-4H,1-2H3,(H,12,13). The summed E-state index contributed by atoms with van der Waals surface area (Å²) in [5.74, 6) is -3.21. The highest BCUT2D eigenvalue weighted by molar-refractivity contribution is 7.73. The highest BCUT2D eigenvalue weighted by Crippen LogP contribution is 2.31. The third kappa shape index (κ3) is 2.46. The van der Waals surface area contributed by atoms with E-state index in [9.17, 15) is 18.0 Å². The van der Waals surface area contributed by atoms with Gasteiger partial charge in [0.2, 0.25) is 10.3 Å². The molecule has 0 fully saturated rings. The Balaban J connectivity index is 3.60. The van der Waals surface area contributed by atoms with Gasteiger partial charge in [0.05, 0.1) is 28.2 Å². The van der Waals surface area contributed by atoms with E-state index >= 15 is 0 Å². The van der Waals surface area contributed by atoms with E-state index in [0.717, 1.165) is 13.2 Å². The summed E-state index contributed by atoms with van der Waals surface area (Å²) in [5, 5.41) is 8.71. The second-order valence-electron chi connectivity index (χ2n) is 3.44. The fourth-order valence-corrected chi connectivity index (χ4v) is 2.53. The number of aliphatic carboxylic acids is 1. The number of carbonyl (C=O) groups is 2. The summed E-state index contributed by atoms with van der Waals surface area (Å²) in [4.78, 5) is 22.2. The van der Waals surface area contributed by atoms with Crippen molar-refractivity contribution < 1.29 is 27.9 Å². The highest BCUT2D eigenvalue weighted by atomic mass is 35.5. The zero-order valence-electron chi connectivity index (χ0n) is 9.43. The Labute approximate surface area is 109 Å². The Hall–Kier alpha value is -1.60. The largest absolute Gasteiger partial charge is 0.478 e. The Kier molecular flexibility index (Phi) is 4.31. The quantitative estimate of drug-likeness (QED) is 0.583. The number of carboxylic acids is 1. The van der Waals surface area contributed by atoms with Gasteiger partial charge in [-0.15, -0.1) is 0 Å². The first-order valence-corrected chi connectivity index (χ1v) is 6.16. The molecule has 0 amide bonds. The van der Waals surface area contributed by atoms with Gasteiger partial charge in [0.25, 0.3) is 0 Å². The summed E-state index contributed by atoms with van der Waals surface area (Å²) >= 11 is 5.80. The summed E-state index contributed by atoms with van der Waals surface area (Å²) in [5.41, 5.74) is -0.632. The summed E-state index contributed by atoms with van der Waals surface area (Å²) < 4.78 is 26.4. The molecule has 6 nitrogen and oxygen atoms in total. The van der Waals surface area contributed by atoms with Gasteiger partial charge in [-0.1, -0.05) is 18.5 Å². The molecule has 1 unspecified atom stereocenters. The molecule has 0 aromatic carbocycles. The van der Waals surface area contributed by atoms with E-state index in [4.69, 9.17) is 16.7 Å². The molecule has 0 radical (unpaired) electrons. The molecule has 18 heavy (non-hydrogen) atoms. The normalized spacial score (nSPS) is 19.4. The van der Waals surface area contributed by atoms with Crippen LogP contribution in [0.2, 0.25) is 0 Å². The van der Waals surface area contributed by atoms with Crippen LogP contribution in [-0.2, 0) is 24.6 Å². The zero-order valence-corrected chi connectivity index (χ0v) is 11.0. The molecule has 1 rings (SSSR count). The van der Waals surface area contributed by atoms with Crippen LogP contribution in [0.1, 0.15) is 6.92 Å². The van der Waals surface area contributed by atoms with Gasteiger partial charge in [0, 0.05) is 5.92 Å². The van der Waals surface area contributed by atoms with Crippen LogP contribution in [0.5, 0.6) is 0 Å². The molecule has 0 bridgehead atoms. The minimum atomic E-state index is -2.65. The van der Waals surface area contributed by atoms with Crippen LogP contribution >= 0.6 is 11.6 Å². The van der Waals surface area contributed by atoms with Crippen molar-refractivity contribution >= 4 is 38.7 Å². The van der Waals surface area contributed by atoms with Gasteiger partial charge in [0.1, 0.15) is 0 Å². The van der Waals surface area contributed by atoms with Crippen molar-refractivity contribution in [1.82, 2.24) is 0 Å². The first-order valence-electron chi connectivity index (χ1n) is 4.70. The maximum absolute atomic E-state index is 11.4. The van der Waals surface area contributed by atoms with E-state index in [1.165, 1.54) is 6.92 Å². The number of carbonyl (C=O) groups excluding carboxylic acids is 1. The first-order chi connectivity index (χ1) is 8.31. The molecule has 0 aromatic rings. The van der Waals surface area contributed by atoms with Crippen LogP contribution in [-0.4, -0.2) is 37.4 Å². The molecule has 1 atom stereocenters. The molecule has 98 valence electrons. The summed E-state index contributed by atoms with van der Waals surface area (Å²) in [7, 11) is -1.56. The monoisotopic (exact) mass is 292 g/mol. The number of methoxy groups -OCH3 is 1. The van der Waals surface area contributed by atoms with E-state index in [0.29, 0.717) is 0 Å². The van der Waals surface area contributed by atoms with Crippen molar-refractivity contribution in [3.63, 3.8) is 0 Å². The molecule has 0 saturated carbocycles. The molecule has 0 saturated heterocycles. The number of hydrogen-bond donors (Lipinski definition) is 1. The van der Waals surface area contributed by atoms with E-state index < -0.39 is 28.1 Å². The number of halogens is 1. The third-order valence-corrected chi connectivity index (χ3v) is 3.71. The molecule has 0 aliphatic heterocycles. The van der Waals surface area contributed by atoms with Crippen molar-refractivity contribution in [3.8, 4) is 0 Å². The second-order valence-corrected chi connectivity index (χ2v) is 4.76. The smallest absolute Gasteiger partial charge is 0.339 e. The molecule has 0 spiro atoms. The van der Waals surface area contributed by atoms with Crippen molar-refractivity contribution in [2.45, 2.75) is 6.92 Å². The first kappa shape index (κ1) is 14.5. The lowest BCUT2D eigenvalue weighted by atomic mass is 9.89. The van der Waals surface area contributed by atoms with Crippen molar-refractivity contribution in [2.75, 3.05) is 7.11 Å². The predicted octanol–water partition coefficient (Wildman–Crippen LogP) is 0.364. The molecule has 1 aliphatic carbocycles. The molecular weight excluding hydrogens is 284 g/mol. The summed E-state index contributed by atoms with van der Waals surface area (Å²) in [6.07, 6.45) is 1.02. The van der Waals surface area contributed by atoms with Crippen LogP contribution in [0.3, 0.4) is 0 Å². The minimum absolute atomic E-state index is 0.225. The molecule has 1 N–H and O–H groups in total. The van der Waals surface area contributed by atoms with Crippen LogP contribution < -0.4 is 0 Å². The molecule has 0 heterocycles. The molecule has 8 heteroatoms. The van der Waals surface area contributed by atoms with Crippen LogP contribution in [0.4, 0.5) is 0 Å². The topological polar surface area (TPSA) is 97.7 Å². The van der Waals surface area contributed by atoms with Gasteiger partial charge >= 0.3 is 11.9 Å². The van der Waals surface area contributed by atoms with E-state index in [1.807, 2.05) is 0 Å². The average Bonchev–Trinajstić information content (AvgIpc) is 2.27. The van der Waals surface area contributed by atoms with Gasteiger partial charge < -0.3 is 9.84 Å². The van der Waals surface area contributed by atoms with E-state index in [2.05, 4.69) is 4.74 Å². The lowest BCUT2D eigenvalue weighted by Crippen LogP contribution is -2.26. The fourth-order valence-electron chi connectivity index (χ4n) is 1.54. The van der Waals surface area contributed by atoms with E-state index in [-0.39, 0.29) is 21.0 Å². The fraction of sp³-hybridized carbons (Fsp3) is 0.300.